The van der Waals surface area contributed by atoms with E-state index in [1.807, 2.05) is 24.3 Å². The van der Waals surface area contributed by atoms with Crippen molar-refractivity contribution < 1.29 is 14.6 Å². The van der Waals surface area contributed by atoms with Crippen LogP contribution in [0.2, 0.25) is 0 Å². The fourth-order valence-electron chi connectivity index (χ4n) is 1.14. The number of carbonyl (C=O) groups is 1. The average molecular weight is 220 g/mol. The first-order valence-electron chi connectivity index (χ1n) is 5.17. The molecule has 0 aliphatic heterocycles. The fourth-order valence-corrected chi connectivity index (χ4v) is 1.14. The maximum atomic E-state index is 10.5. The third-order valence-electron chi connectivity index (χ3n) is 2.26. The Morgan fingerprint density at radius 1 is 1.31 bits per heavy atom. The molecule has 0 saturated carbocycles. The van der Waals surface area contributed by atoms with Gasteiger partial charge in [-0.25, -0.2) is 4.79 Å². The van der Waals surface area contributed by atoms with Gasteiger partial charge >= 0.3 is 5.97 Å². The van der Waals surface area contributed by atoms with Crippen LogP contribution in [0.4, 0.5) is 0 Å². The maximum absolute atomic E-state index is 10.5. The molecule has 0 radical (unpaired) electrons. The zero-order valence-electron chi connectivity index (χ0n) is 9.73. The van der Waals surface area contributed by atoms with Crippen molar-refractivity contribution >= 4 is 5.97 Å². The quantitative estimate of drug-likeness (QED) is 0.626. The van der Waals surface area contributed by atoms with Crippen LogP contribution in [0.3, 0.4) is 0 Å². The number of carboxylic acid groups (broad SMARTS) is 1. The third-order valence-corrected chi connectivity index (χ3v) is 2.26. The number of aliphatic carboxylic acids is 1. The molecule has 0 aliphatic rings. The Kier molecular flexibility index (Phi) is 4.11. The summed E-state index contributed by atoms with van der Waals surface area (Å²) in [4.78, 5) is 10.5. The standard InChI is InChI=1S/C13H16O3/c1-9(2)11-4-6-12(7-5-11)16-8-10(3)13(14)15/h4-9H,1-3H3,(H,14,15). The van der Waals surface area contributed by atoms with Crippen LogP contribution in [-0.4, -0.2) is 11.1 Å². The monoisotopic (exact) mass is 220 g/mol. The zero-order chi connectivity index (χ0) is 12.1. The van der Waals surface area contributed by atoms with Gasteiger partial charge in [-0.3, -0.25) is 0 Å². The summed E-state index contributed by atoms with van der Waals surface area (Å²) >= 11 is 0. The highest BCUT2D eigenvalue weighted by molar-refractivity contribution is 5.85. The van der Waals surface area contributed by atoms with Crippen LogP contribution in [-0.2, 0) is 4.79 Å². The average Bonchev–Trinajstić information content (AvgIpc) is 2.26. The number of benzene rings is 1. The molecular weight excluding hydrogens is 204 g/mol. The summed E-state index contributed by atoms with van der Waals surface area (Å²) < 4.78 is 5.22. The summed E-state index contributed by atoms with van der Waals surface area (Å²) in [5.74, 6) is 0.147. The molecule has 1 rings (SSSR count). The van der Waals surface area contributed by atoms with E-state index >= 15 is 0 Å². The van der Waals surface area contributed by atoms with E-state index in [0.717, 1.165) is 0 Å². The van der Waals surface area contributed by atoms with Crippen LogP contribution in [0.5, 0.6) is 5.75 Å². The summed E-state index contributed by atoms with van der Waals surface area (Å²) in [7, 11) is 0. The molecule has 0 amide bonds. The van der Waals surface area contributed by atoms with E-state index < -0.39 is 5.97 Å². The Morgan fingerprint density at radius 2 is 1.88 bits per heavy atom. The lowest BCUT2D eigenvalue weighted by Crippen LogP contribution is -1.98. The van der Waals surface area contributed by atoms with Crippen molar-refractivity contribution in [3.8, 4) is 5.75 Å². The van der Waals surface area contributed by atoms with Crippen LogP contribution in [0.25, 0.3) is 0 Å². The Balaban J connectivity index is 2.69. The molecule has 0 bridgehead atoms. The van der Waals surface area contributed by atoms with Crippen molar-refractivity contribution in [3.05, 3.63) is 41.7 Å². The van der Waals surface area contributed by atoms with Gasteiger partial charge < -0.3 is 9.84 Å². The normalized spacial score (nSPS) is 11.6. The fraction of sp³-hybridized carbons (Fsp3) is 0.308. The van der Waals surface area contributed by atoms with Gasteiger partial charge in [0.2, 0.25) is 0 Å². The molecule has 0 saturated heterocycles. The van der Waals surface area contributed by atoms with Gasteiger partial charge in [0.25, 0.3) is 0 Å². The van der Waals surface area contributed by atoms with Crippen molar-refractivity contribution in [2.75, 3.05) is 0 Å². The van der Waals surface area contributed by atoms with E-state index in [0.29, 0.717) is 11.7 Å². The van der Waals surface area contributed by atoms with Crippen molar-refractivity contribution in [3.63, 3.8) is 0 Å². The van der Waals surface area contributed by atoms with E-state index in [9.17, 15) is 4.79 Å². The smallest absolute Gasteiger partial charge is 0.334 e. The van der Waals surface area contributed by atoms with Gasteiger partial charge in [0.15, 0.2) is 0 Å². The minimum Gasteiger partial charge on any atom is -0.478 e. The van der Waals surface area contributed by atoms with Crippen molar-refractivity contribution in [1.29, 1.82) is 0 Å². The zero-order valence-corrected chi connectivity index (χ0v) is 9.73. The number of ether oxygens (including phenoxy) is 1. The largest absolute Gasteiger partial charge is 0.478 e. The molecule has 0 heterocycles. The second-order valence-corrected chi connectivity index (χ2v) is 3.95. The molecule has 0 atom stereocenters. The number of rotatable bonds is 4. The highest BCUT2D eigenvalue weighted by Crippen LogP contribution is 2.18. The van der Waals surface area contributed by atoms with E-state index in [1.165, 1.54) is 18.7 Å². The van der Waals surface area contributed by atoms with E-state index in [4.69, 9.17) is 9.84 Å². The molecule has 0 aliphatic carbocycles. The van der Waals surface area contributed by atoms with E-state index in [-0.39, 0.29) is 5.57 Å². The molecule has 0 aromatic heterocycles. The van der Waals surface area contributed by atoms with Crippen LogP contribution in [0.15, 0.2) is 36.1 Å². The Bertz CT molecular complexity index is 388. The number of hydrogen-bond donors (Lipinski definition) is 1. The Hall–Kier alpha value is -1.77. The molecule has 0 unspecified atom stereocenters. The first kappa shape index (κ1) is 12.3. The highest BCUT2D eigenvalue weighted by atomic mass is 16.5. The summed E-state index contributed by atoms with van der Waals surface area (Å²) in [6.07, 6.45) is 1.24. The van der Waals surface area contributed by atoms with Crippen molar-refractivity contribution in [2.24, 2.45) is 0 Å². The van der Waals surface area contributed by atoms with E-state index in [2.05, 4.69) is 13.8 Å². The molecule has 16 heavy (non-hydrogen) atoms. The summed E-state index contributed by atoms with van der Waals surface area (Å²) in [6.45, 7) is 5.72. The van der Waals surface area contributed by atoms with Gasteiger partial charge in [-0.05, 0) is 30.5 Å². The molecule has 0 spiro atoms. The number of carboxylic acids is 1. The predicted molar refractivity (Wildman–Crippen MR) is 62.6 cm³/mol. The van der Waals surface area contributed by atoms with Gasteiger partial charge in [-0.1, -0.05) is 26.0 Å². The van der Waals surface area contributed by atoms with Crippen LogP contribution in [0.1, 0.15) is 32.3 Å². The van der Waals surface area contributed by atoms with Gasteiger partial charge in [-0.15, -0.1) is 0 Å². The van der Waals surface area contributed by atoms with Gasteiger partial charge in [0.1, 0.15) is 12.0 Å². The highest BCUT2D eigenvalue weighted by Gasteiger charge is 2.01. The third kappa shape index (κ3) is 3.42. The lowest BCUT2D eigenvalue weighted by atomic mass is 10.0. The SMILES string of the molecule is CC(=COc1ccc(C(C)C)cc1)C(=O)O. The molecule has 86 valence electrons. The molecule has 3 heteroatoms. The second kappa shape index (κ2) is 5.35. The van der Waals surface area contributed by atoms with Gasteiger partial charge in [-0.2, -0.15) is 0 Å². The molecule has 0 fully saturated rings. The Morgan fingerprint density at radius 3 is 2.31 bits per heavy atom. The molecule has 1 aromatic carbocycles. The molecule has 1 N–H and O–H groups in total. The lowest BCUT2D eigenvalue weighted by Gasteiger charge is -2.06. The van der Waals surface area contributed by atoms with Gasteiger partial charge in [0.05, 0.1) is 5.57 Å². The van der Waals surface area contributed by atoms with Crippen molar-refractivity contribution in [1.82, 2.24) is 0 Å². The minimum absolute atomic E-state index is 0.174. The lowest BCUT2D eigenvalue weighted by molar-refractivity contribution is -0.132. The van der Waals surface area contributed by atoms with Crippen LogP contribution in [0, 0.1) is 0 Å². The summed E-state index contributed by atoms with van der Waals surface area (Å²) in [5, 5.41) is 8.63. The van der Waals surface area contributed by atoms with Crippen LogP contribution < -0.4 is 4.74 Å². The number of hydrogen-bond acceptors (Lipinski definition) is 2. The molecule has 3 nitrogen and oxygen atoms in total. The first-order chi connectivity index (χ1) is 7.50. The predicted octanol–water partition coefficient (Wildman–Crippen LogP) is 3.18. The summed E-state index contributed by atoms with van der Waals surface area (Å²) in [5.41, 5.74) is 1.40. The topological polar surface area (TPSA) is 46.5 Å². The summed E-state index contributed by atoms with van der Waals surface area (Å²) in [6, 6.07) is 7.62. The first-order valence-corrected chi connectivity index (χ1v) is 5.17. The van der Waals surface area contributed by atoms with Crippen LogP contribution >= 0.6 is 0 Å². The minimum atomic E-state index is -0.973. The van der Waals surface area contributed by atoms with Gasteiger partial charge in [0, 0.05) is 0 Å². The van der Waals surface area contributed by atoms with E-state index in [1.54, 1.807) is 0 Å². The second-order valence-electron chi connectivity index (χ2n) is 3.95. The molecule has 1 aromatic rings. The van der Waals surface area contributed by atoms with Crippen molar-refractivity contribution in [2.45, 2.75) is 26.7 Å². The molecular formula is C13H16O3. The maximum Gasteiger partial charge on any atom is 0.334 e. The Labute approximate surface area is 95.4 Å².